The molecule has 0 aliphatic heterocycles. The van der Waals surface area contributed by atoms with Crippen LogP contribution in [0.2, 0.25) is 0 Å². The average molecular weight is 202 g/mol. The SMILES string of the molecule is CNCc1[nH]nc(-c2ccccn2)c1C. The Labute approximate surface area is 88.8 Å². The lowest BCUT2D eigenvalue weighted by molar-refractivity contribution is 0.779. The minimum absolute atomic E-state index is 0.797. The molecule has 0 bridgehead atoms. The summed E-state index contributed by atoms with van der Waals surface area (Å²) < 4.78 is 0. The Morgan fingerprint density at radius 2 is 2.27 bits per heavy atom. The molecule has 78 valence electrons. The highest BCUT2D eigenvalue weighted by Gasteiger charge is 2.10. The quantitative estimate of drug-likeness (QED) is 0.793. The van der Waals surface area contributed by atoms with Crippen LogP contribution in [-0.4, -0.2) is 22.2 Å². The van der Waals surface area contributed by atoms with Crippen LogP contribution in [0, 0.1) is 6.92 Å². The summed E-state index contributed by atoms with van der Waals surface area (Å²) in [5.41, 5.74) is 4.11. The molecule has 0 fully saturated rings. The van der Waals surface area contributed by atoms with Gasteiger partial charge >= 0.3 is 0 Å². The number of aromatic amines is 1. The van der Waals surface area contributed by atoms with Gasteiger partial charge in [0.05, 0.1) is 11.4 Å². The molecule has 4 nitrogen and oxygen atoms in total. The fourth-order valence-electron chi connectivity index (χ4n) is 1.54. The first-order valence-electron chi connectivity index (χ1n) is 4.92. The lowest BCUT2D eigenvalue weighted by Crippen LogP contribution is -2.06. The molecule has 2 aromatic rings. The van der Waals surface area contributed by atoms with Gasteiger partial charge in [0.2, 0.25) is 0 Å². The smallest absolute Gasteiger partial charge is 0.114 e. The highest BCUT2D eigenvalue weighted by Crippen LogP contribution is 2.20. The van der Waals surface area contributed by atoms with Crippen molar-refractivity contribution in [2.24, 2.45) is 0 Å². The first-order valence-corrected chi connectivity index (χ1v) is 4.92. The molecule has 0 spiro atoms. The van der Waals surface area contributed by atoms with Gasteiger partial charge in [0.1, 0.15) is 5.69 Å². The van der Waals surface area contributed by atoms with Crippen LogP contribution in [0.4, 0.5) is 0 Å². The van der Waals surface area contributed by atoms with E-state index in [1.165, 1.54) is 0 Å². The van der Waals surface area contributed by atoms with Gasteiger partial charge in [-0.15, -0.1) is 0 Å². The topological polar surface area (TPSA) is 53.6 Å². The number of hydrogen-bond donors (Lipinski definition) is 2. The summed E-state index contributed by atoms with van der Waals surface area (Å²) in [4.78, 5) is 4.28. The van der Waals surface area contributed by atoms with Crippen LogP contribution >= 0.6 is 0 Å². The van der Waals surface area contributed by atoms with E-state index in [2.05, 4.69) is 27.4 Å². The monoisotopic (exact) mass is 202 g/mol. The van der Waals surface area contributed by atoms with Crippen molar-refractivity contribution in [2.75, 3.05) is 7.05 Å². The maximum Gasteiger partial charge on any atom is 0.114 e. The van der Waals surface area contributed by atoms with Crippen LogP contribution in [0.1, 0.15) is 11.3 Å². The molecule has 0 aliphatic carbocycles. The number of nitrogens with one attached hydrogen (secondary N) is 2. The molecule has 0 aromatic carbocycles. The number of H-pyrrole nitrogens is 1. The summed E-state index contributed by atoms with van der Waals surface area (Å²) in [6.07, 6.45) is 1.78. The van der Waals surface area contributed by atoms with E-state index < -0.39 is 0 Å². The zero-order chi connectivity index (χ0) is 10.7. The fraction of sp³-hybridized carbons (Fsp3) is 0.273. The third-order valence-electron chi connectivity index (χ3n) is 2.37. The molecule has 15 heavy (non-hydrogen) atoms. The van der Waals surface area contributed by atoms with Crippen molar-refractivity contribution in [1.29, 1.82) is 0 Å². The van der Waals surface area contributed by atoms with Crippen molar-refractivity contribution in [2.45, 2.75) is 13.5 Å². The Morgan fingerprint density at radius 1 is 1.40 bits per heavy atom. The van der Waals surface area contributed by atoms with E-state index in [0.717, 1.165) is 29.2 Å². The molecular weight excluding hydrogens is 188 g/mol. The highest BCUT2D eigenvalue weighted by atomic mass is 15.1. The van der Waals surface area contributed by atoms with Crippen molar-refractivity contribution in [3.05, 3.63) is 35.7 Å². The van der Waals surface area contributed by atoms with Crippen LogP contribution in [0.3, 0.4) is 0 Å². The first kappa shape index (κ1) is 9.86. The second kappa shape index (κ2) is 4.23. The van der Waals surface area contributed by atoms with Crippen molar-refractivity contribution in [1.82, 2.24) is 20.5 Å². The highest BCUT2D eigenvalue weighted by molar-refractivity contribution is 5.59. The van der Waals surface area contributed by atoms with Crippen LogP contribution in [-0.2, 0) is 6.54 Å². The summed E-state index contributed by atoms with van der Waals surface area (Å²) in [7, 11) is 1.92. The maximum absolute atomic E-state index is 4.28. The standard InChI is InChI=1S/C11H14N4/c1-8-10(7-12-2)14-15-11(8)9-5-3-4-6-13-9/h3-6,12H,7H2,1-2H3,(H,14,15). The van der Waals surface area contributed by atoms with Gasteiger partial charge in [0.25, 0.3) is 0 Å². The van der Waals surface area contributed by atoms with Crippen molar-refractivity contribution >= 4 is 0 Å². The summed E-state index contributed by atoms with van der Waals surface area (Å²) in [6.45, 7) is 2.85. The predicted octanol–water partition coefficient (Wildman–Crippen LogP) is 1.50. The Morgan fingerprint density at radius 3 is 2.93 bits per heavy atom. The molecule has 2 heterocycles. The molecule has 0 saturated heterocycles. The van der Waals surface area contributed by atoms with Crippen molar-refractivity contribution < 1.29 is 0 Å². The van der Waals surface area contributed by atoms with Crippen molar-refractivity contribution in [3.8, 4) is 11.4 Å². The van der Waals surface area contributed by atoms with Crippen LogP contribution in [0.5, 0.6) is 0 Å². The van der Waals surface area contributed by atoms with E-state index in [0.29, 0.717) is 0 Å². The molecule has 0 radical (unpaired) electrons. The second-order valence-electron chi connectivity index (χ2n) is 3.42. The third kappa shape index (κ3) is 1.89. The zero-order valence-electron chi connectivity index (χ0n) is 8.91. The molecule has 4 heteroatoms. The lowest BCUT2D eigenvalue weighted by Gasteiger charge is -1.98. The Kier molecular flexibility index (Phi) is 2.78. The van der Waals surface area contributed by atoms with E-state index >= 15 is 0 Å². The summed E-state index contributed by atoms with van der Waals surface area (Å²) >= 11 is 0. The van der Waals surface area contributed by atoms with E-state index in [9.17, 15) is 0 Å². The van der Waals surface area contributed by atoms with Crippen LogP contribution in [0.15, 0.2) is 24.4 Å². The number of hydrogen-bond acceptors (Lipinski definition) is 3. The molecule has 0 aliphatic rings. The van der Waals surface area contributed by atoms with Gasteiger partial charge in [-0.25, -0.2) is 0 Å². The zero-order valence-corrected chi connectivity index (χ0v) is 8.91. The Hall–Kier alpha value is -1.68. The van der Waals surface area contributed by atoms with Gasteiger partial charge < -0.3 is 5.32 Å². The fourth-order valence-corrected chi connectivity index (χ4v) is 1.54. The van der Waals surface area contributed by atoms with Gasteiger partial charge in [-0.1, -0.05) is 6.07 Å². The number of pyridine rings is 1. The molecule has 0 saturated carbocycles. The largest absolute Gasteiger partial charge is 0.314 e. The van der Waals surface area contributed by atoms with Crippen molar-refractivity contribution in [3.63, 3.8) is 0 Å². The molecule has 2 rings (SSSR count). The predicted molar refractivity (Wildman–Crippen MR) is 59.3 cm³/mol. The number of aromatic nitrogens is 3. The van der Waals surface area contributed by atoms with E-state index in [-0.39, 0.29) is 0 Å². The van der Waals surface area contributed by atoms with Crippen LogP contribution < -0.4 is 5.32 Å². The summed E-state index contributed by atoms with van der Waals surface area (Å²) in [6, 6.07) is 5.83. The molecular formula is C11H14N4. The van der Waals surface area contributed by atoms with Gasteiger partial charge in [-0.05, 0) is 26.1 Å². The number of nitrogens with zero attached hydrogens (tertiary/aromatic N) is 2. The Balaban J connectivity index is 2.38. The third-order valence-corrected chi connectivity index (χ3v) is 2.37. The second-order valence-corrected chi connectivity index (χ2v) is 3.42. The first-order chi connectivity index (χ1) is 7.33. The molecule has 0 amide bonds. The number of rotatable bonds is 3. The van der Waals surface area contributed by atoms with E-state index in [1.54, 1.807) is 6.20 Å². The lowest BCUT2D eigenvalue weighted by atomic mass is 10.1. The minimum atomic E-state index is 0.797. The molecule has 0 unspecified atom stereocenters. The molecule has 0 atom stereocenters. The van der Waals surface area contributed by atoms with E-state index in [1.807, 2.05) is 25.2 Å². The summed E-state index contributed by atoms with van der Waals surface area (Å²) in [5.74, 6) is 0. The molecule has 2 N–H and O–H groups in total. The molecule has 2 aromatic heterocycles. The normalized spacial score (nSPS) is 10.5. The van der Waals surface area contributed by atoms with Gasteiger partial charge in [0.15, 0.2) is 0 Å². The summed E-state index contributed by atoms with van der Waals surface area (Å²) in [5, 5.41) is 10.4. The van der Waals surface area contributed by atoms with E-state index in [4.69, 9.17) is 0 Å². The van der Waals surface area contributed by atoms with Crippen LogP contribution in [0.25, 0.3) is 11.4 Å². The van der Waals surface area contributed by atoms with Gasteiger partial charge in [-0.2, -0.15) is 5.10 Å². The Bertz CT molecular complexity index is 433. The van der Waals surface area contributed by atoms with Gasteiger partial charge in [-0.3, -0.25) is 10.1 Å². The maximum atomic E-state index is 4.28. The van der Waals surface area contributed by atoms with Gasteiger partial charge in [0, 0.05) is 18.3 Å². The minimum Gasteiger partial charge on any atom is -0.314 e. The average Bonchev–Trinajstić information content (AvgIpc) is 2.63.